The van der Waals surface area contributed by atoms with Crippen LogP contribution in [0.15, 0.2) is 67.1 Å². The Hall–Kier alpha value is -3.45. The summed E-state index contributed by atoms with van der Waals surface area (Å²) in [6.07, 6.45) is 5.42. The van der Waals surface area contributed by atoms with E-state index in [1.807, 2.05) is 41.2 Å². The van der Waals surface area contributed by atoms with Crippen molar-refractivity contribution >= 4 is 22.8 Å². The monoisotopic (exact) mass is 372 g/mol. The minimum Gasteiger partial charge on any atom is -0.378 e. The van der Waals surface area contributed by atoms with Gasteiger partial charge >= 0.3 is 0 Å². The first-order chi connectivity index (χ1) is 13.9. The number of morpholine rings is 1. The van der Waals surface area contributed by atoms with E-state index in [1.54, 1.807) is 6.20 Å². The average Bonchev–Trinajstić information content (AvgIpc) is 3.19. The van der Waals surface area contributed by atoms with Gasteiger partial charge in [-0.1, -0.05) is 0 Å². The van der Waals surface area contributed by atoms with E-state index in [0.29, 0.717) is 5.95 Å². The van der Waals surface area contributed by atoms with Crippen LogP contribution in [-0.4, -0.2) is 45.9 Å². The predicted molar refractivity (Wildman–Crippen MR) is 109 cm³/mol. The van der Waals surface area contributed by atoms with Crippen molar-refractivity contribution < 1.29 is 4.74 Å². The van der Waals surface area contributed by atoms with Gasteiger partial charge in [0.15, 0.2) is 0 Å². The Labute approximate surface area is 162 Å². The van der Waals surface area contributed by atoms with Gasteiger partial charge in [0.1, 0.15) is 0 Å². The molecule has 1 aromatic carbocycles. The summed E-state index contributed by atoms with van der Waals surface area (Å²) in [5.41, 5.74) is 5.09. The van der Waals surface area contributed by atoms with Crippen LogP contribution >= 0.6 is 0 Å². The highest BCUT2D eigenvalue weighted by atomic mass is 16.5. The van der Waals surface area contributed by atoms with Gasteiger partial charge in [0.05, 0.1) is 30.6 Å². The Balaban J connectivity index is 1.39. The lowest BCUT2D eigenvalue weighted by Gasteiger charge is -2.28. The fourth-order valence-corrected chi connectivity index (χ4v) is 3.40. The van der Waals surface area contributed by atoms with Gasteiger partial charge in [0.25, 0.3) is 0 Å². The zero-order valence-electron chi connectivity index (χ0n) is 15.3. The summed E-state index contributed by atoms with van der Waals surface area (Å²) >= 11 is 0. The summed E-state index contributed by atoms with van der Waals surface area (Å²) in [7, 11) is 0. The highest BCUT2D eigenvalue weighted by Crippen LogP contribution is 2.23. The van der Waals surface area contributed by atoms with Gasteiger partial charge in [0.2, 0.25) is 5.95 Å². The zero-order chi connectivity index (χ0) is 18.8. The Morgan fingerprint density at radius 3 is 2.57 bits per heavy atom. The number of hydrogen-bond donors (Lipinski definition) is 1. The molecule has 1 N–H and O–H groups in total. The Morgan fingerprint density at radius 2 is 1.79 bits per heavy atom. The first kappa shape index (κ1) is 16.7. The van der Waals surface area contributed by atoms with E-state index in [-0.39, 0.29) is 0 Å². The topological polar surface area (TPSA) is 67.6 Å². The molecule has 7 heteroatoms. The van der Waals surface area contributed by atoms with Crippen LogP contribution in [0.25, 0.3) is 16.8 Å². The molecule has 0 amide bonds. The third-order valence-corrected chi connectivity index (χ3v) is 4.86. The van der Waals surface area contributed by atoms with E-state index in [4.69, 9.17) is 4.74 Å². The molecule has 28 heavy (non-hydrogen) atoms. The second-order valence-corrected chi connectivity index (χ2v) is 6.65. The van der Waals surface area contributed by atoms with Crippen LogP contribution in [0.1, 0.15) is 0 Å². The van der Waals surface area contributed by atoms with Gasteiger partial charge < -0.3 is 15.0 Å². The molecule has 0 radical (unpaired) electrons. The number of anilines is 3. The van der Waals surface area contributed by atoms with E-state index in [1.165, 1.54) is 5.69 Å². The second kappa shape index (κ2) is 7.28. The van der Waals surface area contributed by atoms with Crippen molar-refractivity contribution in [3.8, 4) is 11.3 Å². The number of ether oxygens (including phenoxy) is 1. The molecule has 0 atom stereocenters. The number of benzene rings is 1. The predicted octanol–water partition coefficient (Wildman–Crippen LogP) is 3.37. The smallest absolute Gasteiger partial charge is 0.245 e. The van der Waals surface area contributed by atoms with E-state index >= 15 is 0 Å². The molecule has 0 saturated carbocycles. The highest BCUT2D eigenvalue weighted by molar-refractivity contribution is 5.66. The quantitative estimate of drug-likeness (QED) is 0.592. The molecule has 1 fully saturated rings. The molecule has 0 unspecified atom stereocenters. The van der Waals surface area contributed by atoms with Crippen molar-refractivity contribution in [3.05, 3.63) is 67.1 Å². The molecular weight excluding hydrogens is 352 g/mol. The summed E-state index contributed by atoms with van der Waals surface area (Å²) in [5.74, 6) is 0.549. The number of pyridine rings is 1. The Bertz CT molecular complexity index is 1070. The molecule has 3 aromatic heterocycles. The van der Waals surface area contributed by atoms with Crippen LogP contribution in [0.5, 0.6) is 0 Å². The molecule has 7 nitrogen and oxygen atoms in total. The third-order valence-electron chi connectivity index (χ3n) is 4.86. The maximum atomic E-state index is 5.42. The molecule has 0 spiro atoms. The maximum Gasteiger partial charge on any atom is 0.245 e. The van der Waals surface area contributed by atoms with Crippen LogP contribution in [0, 0.1) is 0 Å². The van der Waals surface area contributed by atoms with Crippen molar-refractivity contribution in [2.75, 3.05) is 36.5 Å². The summed E-state index contributed by atoms with van der Waals surface area (Å²) in [5, 5.41) is 7.95. The Kier molecular flexibility index (Phi) is 4.34. The molecule has 140 valence electrons. The number of nitrogens with one attached hydrogen (secondary N) is 1. The molecule has 1 aliphatic rings. The molecule has 4 heterocycles. The van der Waals surface area contributed by atoms with Gasteiger partial charge in [-0.25, -0.2) is 9.50 Å². The van der Waals surface area contributed by atoms with Crippen molar-refractivity contribution in [1.29, 1.82) is 0 Å². The number of nitrogens with zero attached hydrogens (tertiary/aromatic N) is 5. The molecule has 1 saturated heterocycles. The molecule has 1 aliphatic heterocycles. The van der Waals surface area contributed by atoms with Crippen LogP contribution < -0.4 is 10.2 Å². The van der Waals surface area contributed by atoms with E-state index in [2.05, 4.69) is 49.5 Å². The van der Waals surface area contributed by atoms with Crippen molar-refractivity contribution in [2.24, 2.45) is 0 Å². The minimum atomic E-state index is 0.549. The lowest BCUT2D eigenvalue weighted by atomic mass is 10.2. The second-order valence-electron chi connectivity index (χ2n) is 6.65. The number of aromatic nitrogens is 4. The minimum absolute atomic E-state index is 0.549. The largest absolute Gasteiger partial charge is 0.378 e. The van der Waals surface area contributed by atoms with Crippen molar-refractivity contribution in [3.63, 3.8) is 0 Å². The SMILES string of the molecule is c1cncc(-c2ccc3cnc(Nc4ccc(N5CCOCC5)cc4)nn23)c1. The van der Waals surface area contributed by atoms with E-state index in [9.17, 15) is 0 Å². The fourth-order valence-electron chi connectivity index (χ4n) is 3.40. The maximum absolute atomic E-state index is 5.42. The van der Waals surface area contributed by atoms with E-state index in [0.717, 1.165) is 48.8 Å². The van der Waals surface area contributed by atoms with Crippen molar-refractivity contribution in [1.82, 2.24) is 19.6 Å². The highest BCUT2D eigenvalue weighted by Gasteiger charge is 2.11. The van der Waals surface area contributed by atoms with Gasteiger partial charge in [0, 0.05) is 42.4 Å². The molecule has 5 rings (SSSR count). The number of hydrogen-bond acceptors (Lipinski definition) is 6. The zero-order valence-corrected chi connectivity index (χ0v) is 15.3. The standard InChI is InChI=1S/C21H20N6O/c1-2-16(14-22-9-1)20-8-7-19-15-23-21(25-27(19)20)24-17-3-5-18(6-4-17)26-10-12-28-13-11-26/h1-9,14-15H,10-13H2,(H,24,25). The molecule has 0 aliphatic carbocycles. The summed E-state index contributed by atoms with van der Waals surface area (Å²) in [4.78, 5) is 11.0. The first-order valence-electron chi connectivity index (χ1n) is 9.32. The van der Waals surface area contributed by atoms with Gasteiger partial charge in [-0.3, -0.25) is 4.98 Å². The normalized spacial score (nSPS) is 14.4. The van der Waals surface area contributed by atoms with Crippen LogP contribution in [0.4, 0.5) is 17.3 Å². The van der Waals surface area contributed by atoms with Gasteiger partial charge in [-0.05, 0) is 48.5 Å². The fraction of sp³-hybridized carbons (Fsp3) is 0.190. The van der Waals surface area contributed by atoms with E-state index < -0.39 is 0 Å². The summed E-state index contributed by atoms with van der Waals surface area (Å²) in [6, 6.07) is 16.3. The first-order valence-corrected chi connectivity index (χ1v) is 9.32. The molecular formula is C21H20N6O. The molecule has 0 bridgehead atoms. The van der Waals surface area contributed by atoms with Crippen molar-refractivity contribution in [2.45, 2.75) is 0 Å². The summed E-state index contributed by atoms with van der Waals surface area (Å²) in [6.45, 7) is 3.42. The number of fused-ring (bicyclic) bond motifs is 1. The van der Waals surface area contributed by atoms with Crippen LogP contribution in [-0.2, 0) is 4.74 Å². The lowest BCUT2D eigenvalue weighted by Crippen LogP contribution is -2.36. The van der Waals surface area contributed by atoms with Crippen LogP contribution in [0.3, 0.4) is 0 Å². The molecule has 4 aromatic rings. The number of rotatable bonds is 4. The summed E-state index contributed by atoms with van der Waals surface area (Å²) < 4.78 is 7.30. The Morgan fingerprint density at radius 1 is 0.929 bits per heavy atom. The lowest BCUT2D eigenvalue weighted by molar-refractivity contribution is 0.122. The average molecular weight is 372 g/mol. The van der Waals surface area contributed by atoms with Gasteiger partial charge in [-0.15, -0.1) is 5.10 Å². The third kappa shape index (κ3) is 3.27. The van der Waals surface area contributed by atoms with Gasteiger partial charge in [-0.2, -0.15) is 0 Å². The van der Waals surface area contributed by atoms with Crippen LogP contribution in [0.2, 0.25) is 0 Å².